The van der Waals surface area contributed by atoms with Crippen LogP contribution < -0.4 is 0 Å². The molecule has 1 rings (SSSR count). The van der Waals surface area contributed by atoms with Crippen molar-refractivity contribution in [1.29, 1.82) is 0 Å². The summed E-state index contributed by atoms with van der Waals surface area (Å²) in [4.78, 5) is 10.9. The highest BCUT2D eigenvalue weighted by Crippen LogP contribution is 2.10. The first-order valence-electron chi connectivity index (χ1n) is 4.50. The summed E-state index contributed by atoms with van der Waals surface area (Å²) in [5, 5.41) is 0. The minimum absolute atomic E-state index is 0.322. The second kappa shape index (κ2) is 5.41. The Kier molecular flexibility index (Phi) is 4.09. The average molecular weight is 182 g/mol. The topological polar surface area (TPSA) is 35.5 Å². The highest BCUT2D eigenvalue weighted by Gasteiger charge is 2.01. The molecule has 1 heterocycles. The minimum atomic E-state index is -0.322. The normalized spacial score (nSPS) is 16.5. The SMILES string of the molecule is CCOC(=O)C=CC1=CCCCO1. The summed E-state index contributed by atoms with van der Waals surface area (Å²) in [6.07, 6.45) is 7.08. The molecule has 0 fully saturated rings. The number of carbonyl (C=O) groups is 1. The van der Waals surface area contributed by atoms with E-state index in [0.717, 1.165) is 25.2 Å². The van der Waals surface area contributed by atoms with Crippen LogP contribution in [0.2, 0.25) is 0 Å². The van der Waals surface area contributed by atoms with Crippen LogP contribution in [0.3, 0.4) is 0 Å². The van der Waals surface area contributed by atoms with Gasteiger partial charge in [-0.25, -0.2) is 4.79 Å². The largest absolute Gasteiger partial charge is 0.494 e. The Bertz CT molecular complexity index is 228. The van der Waals surface area contributed by atoms with E-state index >= 15 is 0 Å². The minimum Gasteiger partial charge on any atom is -0.494 e. The zero-order valence-corrected chi connectivity index (χ0v) is 7.79. The molecule has 1 aliphatic rings. The van der Waals surface area contributed by atoms with E-state index in [9.17, 15) is 4.79 Å². The molecule has 3 heteroatoms. The molecule has 1 aliphatic heterocycles. The Labute approximate surface area is 78.0 Å². The van der Waals surface area contributed by atoms with Gasteiger partial charge in [0, 0.05) is 6.08 Å². The number of carbonyl (C=O) groups excluding carboxylic acids is 1. The van der Waals surface area contributed by atoms with Crippen LogP contribution in [0.5, 0.6) is 0 Å². The molecule has 0 aliphatic carbocycles. The predicted octanol–water partition coefficient (Wildman–Crippen LogP) is 1.80. The first kappa shape index (κ1) is 9.84. The van der Waals surface area contributed by atoms with Crippen molar-refractivity contribution < 1.29 is 14.3 Å². The summed E-state index contributed by atoms with van der Waals surface area (Å²) >= 11 is 0. The molecule has 3 nitrogen and oxygen atoms in total. The average Bonchev–Trinajstić information content (AvgIpc) is 2.17. The highest BCUT2D eigenvalue weighted by molar-refractivity contribution is 5.82. The summed E-state index contributed by atoms with van der Waals surface area (Å²) < 4.78 is 10.00. The number of rotatable bonds is 3. The van der Waals surface area contributed by atoms with E-state index in [1.165, 1.54) is 6.08 Å². The van der Waals surface area contributed by atoms with Gasteiger partial charge in [-0.05, 0) is 31.9 Å². The van der Waals surface area contributed by atoms with Crippen molar-refractivity contribution >= 4 is 5.97 Å². The van der Waals surface area contributed by atoms with Crippen LogP contribution in [0, 0.1) is 0 Å². The number of ether oxygens (including phenoxy) is 2. The molecule has 0 unspecified atom stereocenters. The fraction of sp³-hybridized carbons (Fsp3) is 0.500. The van der Waals surface area contributed by atoms with E-state index < -0.39 is 0 Å². The van der Waals surface area contributed by atoms with Crippen molar-refractivity contribution in [2.45, 2.75) is 19.8 Å². The Morgan fingerprint density at radius 1 is 1.77 bits per heavy atom. The van der Waals surface area contributed by atoms with E-state index in [-0.39, 0.29) is 5.97 Å². The zero-order valence-electron chi connectivity index (χ0n) is 7.79. The van der Waals surface area contributed by atoms with Gasteiger partial charge in [-0.3, -0.25) is 0 Å². The maximum Gasteiger partial charge on any atom is 0.330 e. The Morgan fingerprint density at radius 2 is 2.62 bits per heavy atom. The lowest BCUT2D eigenvalue weighted by Gasteiger charge is -2.10. The van der Waals surface area contributed by atoms with E-state index in [0.29, 0.717) is 6.61 Å². The maximum atomic E-state index is 10.9. The number of esters is 1. The van der Waals surface area contributed by atoms with Crippen LogP contribution in [0.1, 0.15) is 19.8 Å². The van der Waals surface area contributed by atoms with Crippen LogP contribution in [0.25, 0.3) is 0 Å². The van der Waals surface area contributed by atoms with Gasteiger partial charge < -0.3 is 9.47 Å². The van der Waals surface area contributed by atoms with Gasteiger partial charge in [0.2, 0.25) is 0 Å². The van der Waals surface area contributed by atoms with Crippen molar-refractivity contribution in [3.8, 4) is 0 Å². The molecular formula is C10H14O3. The fourth-order valence-corrected chi connectivity index (χ4v) is 1.03. The van der Waals surface area contributed by atoms with Gasteiger partial charge in [-0.2, -0.15) is 0 Å². The first-order chi connectivity index (χ1) is 6.33. The number of hydrogen-bond donors (Lipinski definition) is 0. The molecule has 0 atom stereocenters. The van der Waals surface area contributed by atoms with Crippen molar-refractivity contribution in [3.63, 3.8) is 0 Å². The van der Waals surface area contributed by atoms with Gasteiger partial charge in [0.05, 0.1) is 13.2 Å². The van der Waals surface area contributed by atoms with Gasteiger partial charge >= 0.3 is 5.97 Å². The van der Waals surface area contributed by atoms with E-state index in [2.05, 4.69) is 0 Å². The van der Waals surface area contributed by atoms with E-state index in [1.54, 1.807) is 13.0 Å². The first-order valence-corrected chi connectivity index (χ1v) is 4.50. The van der Waals surface area contributed by atoms with Crippen molar-refractivity contribution in [2.75, 3.05) is 13.2 Å². The summed E-state index contributed by atoms with van der Waals surface area (Å²) in [6, 6.07) is 0. The molecule has 0 saturated carbocycles. The lowest BCUT2D eigenvalue weighted by molar-refractivity contribution is -0.137. The van der Waals surface area contributed by atoms with Gasteiger partial charge in [0.25, 0.3) is 0 Å². The monoisotopic (exact) mass is 182 g/mol. The third kappa shape index (κ3) is 3.78. The molecule has 0 aromatic rings. The van der Waals surface area contributed by atoms with Gasteiger partial charge in [0.1, 0.15) is 5.76 Å². The molecule has 13 heavy (non-hydrogen) atoms. The third-order valence-electron chi connectivity index (χ3n) is 1.63. The number of hydrogen-bond acceptors (Lipinski definition) is 3. The van der Waals surface area contributed by atoms with Crippen LogP contribution in [-0.4, -0.2) is 19.2 Å². The molecule has 0 aromatic carbocycles. The van der Waals surface area contributed by atoms with E-state index in [4.69, 9.17) is 9.47 Å². The van der Waals surface area contributed by atoms with Crippen LogP contribution in [0.4, 0.5) is 0 Å². The predicted molar refractivity (Wildman–Crippen MR) is 49.0 cm³/mol. The summed E-state index contributed by atoms with van der Waals surface area (Å²) in [7, 11) is 0. The molecule has 0 amide bonds. The number of allylic oxidation sites excluding steroid dienone is 2. The molecule has 0 bridgehead atoms. The molecule has 0 aromatic heterocycles. The lowest BCUT2D eigenvalue weighted by atomic mass is 10.2. The molecule has 72 valence electrons. The Morgan fingerprint density at radius 3 is 3.23 bits per heavy atom. The zero-order chi connectivity index (χ0) is 9.52. The molecule has 0 N–H and O–H groups in total. The Hall–Kier alpha value is -1.25. The smallest absolute Gasteiger partial charge is 0.330 e. The van der Waals surface area contributed by atoms with Crippen molar-refractivity contribution in [3.05, 3.63) is 24.0 Å². The summed E-state index contributed by atoms with van der Waals surface area (Å²) in [5.74, 6) is 0.442. The second-order valence-electron chi connectivity index (χ2n) is 2.68. The van der Waals surface area contributed by atoms with Crippen LogP contribution >= 0.6 is 0 Å². The fourth-order valence-electron chi connectivity index (χ4n) is 1.03. The van der Waals surface area contributed by atoms with Gasteiger partial charge in [0.15, 0.2) is 0 Å². The standard InChI is InChI=1S/C10H14O3/c1-2-12-10(11)7-6-9-5-3-4-8-13-9/h5-7H,2-4,8H2,1H3. The molecule has 0 radical (unpaired) electrons. The van der Waals surface area contributed by atoms with Crippen molar-refractivity contribution in [1.82, 2.24) is 0 Å². The van der Waals surface area contributed by atoms with Crippen molar-refractivity contribution in [2.24, 2.45) is 0 Å². The van der Waals surface area contributed by atoms with Crippen LogP contribution in [0.15, 0.2) is 24.0 Å². The Balaban J connectivity index is 2.37. The quantitative estimate of drug-likeness (QED) is 0.493. The summed E-state index contributed by atoms with van der Waals surface area (Å²) in [5.41, 5.74) is 0. The van der Waals surface area contributed by atoms with Gasteiger partial charge in [-0.1, -0.05) is 0 Å². The van der Waals surface area contributed by atoms with E-state index in [1.807, 2.05) is 6.08 Å². The maximum absolute atomic E-state index is 10.9. The van der Waals surface area contributed by atoms with Gasteiger partial charge in [-0.15, -0.1) is 0 Å². The second-order valence-corrected chi connectivity index (χ2v) is 2.68. The molecular weight excluding hydrogens is 168 g/mol. The molecule has 0 spiro atoms. The summed E-state index contributed by atoms with van der Waals surface area (Å²) in [6.45, 7) is 2.92. The third-order valence-corrected chi connectivity index (χ3v) is 1.63. The molecule has 0 saturated heterocycles. The highest BCUT2D eigenvalue weighted by atomic mass is 16.5. The lowest BCUT2D eigenvalue weighted by Crippen LogP contribution is -2.02. The van der Waals surface area contributed by atoms with Crippen LogP contribution in [-0.2, 0) is 14.3 Å².